The molecule has 5 nitrogen and oxygen atoms in total. The molecule has 0 spiro atoms. The Hall–Kier alpha value is -2.47. The molecule has 1 amide bonds. The van der Waals surface area contributed by atoms with E-state index in [1.807, 2.05) is 6.07 Å². The van der Waals surface area contributed by atoms with Crippen LogP contribution in [0.1, 0.15) is 42.2 Å². The van der Waals surface area contributed by atoms with E-state index in [0.717, 1.165) is 9.75 Å². The van der Waals surface area contributed by atoms with Crippen molar-refractivity contribution in [1.29, 1.82) is 0 Å². The number of methoxy groups -OCH3 is 1. The fourth-order valence-electron chi connectivity index (χ4n) is 1.98. The van der Waals surface area contributed by atoms with E-state index < -0.39 is 5.97 Å². The Morgan fingerprint density at radius 1 is 1.04 bits per heavy atom. The van der Waals surface area contributed by atoms with Crippen molar-refractivity contribution in [3.63, 3.8) is 0 Å². The lowest BCUT2D eigenvalue weighted by Crippen LogP contribution is -2.25. The molecule has 2 rings (SSSR count). The van der Waals surface area contributed by atoms with Crippen molar-refractivity contribution in [3.8, 4) is 0 Å². The molecule has 1 aromatic carbocycles. The number of carbonyl (C=O) groups excluding carboxylic acids is 3. The van der Waals surface area contributed by atoms with Gasteiger partial charge in [0.05, 0.1) is 17.6 Å². The van der Waals surface area contributed by atoms with Gasteiger partial charge in [-0.2, -0.15) is 0 Å². The number of hydrogen-bond acceptors (Lipinski definition) is 5. The Morgan fingerprint density at radius 2 is 1.70 bits per heavy atom. The molecule has 0 aliphatic heterocycles. The molecule has 0 aliphatic carbocycles. The van der Waals surface area contributed by atoms with Crippen LogP contribution in [0, 0.1) is 0 Å². The third-order valence-electron chi connectivity index (χ3n) is 3.23. The molecule has 2 aromatic rings. The molecular formula is C17H17NO4S. The van der Waals surface area contributed by atoms with Gasteiger partial charge < -0.3 is 10.1 Å². The lowest BCUT2D eigenvalue weighted by atomic mass is 10.1. The fraction of sp³-hybridized carbons (Fsp3) is 0.235. The van der Waals surface area contributed by atoms with Crippen LogP contribution in [0.2, 0.25) is 0 Å². The number of ketones is 1. The molecule has 1 aromatic heterocycles. The Balaban J connectivity index is 1.86. The van der Waals surface area contributed by atoms with Gasteiger partial charge in [-0.1, -0.05) is 0 Å². The van der Waals surface area contributed by atoms with E-state index in [4.69, 9.17) is 0 Å². The minimum atomic E-state index is -0.434. The van der Waals surface area contributed by atoms with E-state index in [0.29, 0.717) is 24.1 Å². The third kappa shape index (κ3) is 4.50. The highest BCUT2D eigenvalue weighted by atomic mass is 32.1. The van der Waals surface area contributed by atoms with Crippen LogP contribution in [-0.4, -0.2) is 31.3 Å². The third-order valence-corrected chi connectivity index (χ3v) is 4.48. The maximum atomic E-state index is 12.0. The lowest BCUT2D eigenvalue weighted by molar-refractivity contribution is 0.0600. The first-order chi connectivity index (χ1) is 11.0. The predicted octanol–water partition coefficient (Wildman–Crippen LogP) is 2.71. The normalized spacial score (nSPS) is 10.2. The summed E-state index contributed by atoms with van der Waals surface area (Å²) in [5.74, 6) is -0.586. The summed E-state index contributed by atoms with van der Waals surface area (Å²) >= 11 is 1.44. The average molecular weight is 331 g/mol. The summed E-state index contributed by atoms with van der Waals surface area (Å²) in [4.78, 5) is 36.4. The summed E-state index contributed by atoms with van der Waals surface area (Å²) in [6.45, 7) is 2.02. The summed E-state index contributed by atoms with van der Waals surface area (Å²) < 4.78 is 4.61. The number of rotatable bonds is 6. The molecule has 6 heteroatoms. The molecule has 0 saturated heterocycles. The van der Waals surface area contributed by atoms with Gasteiger partial charge in [0.15, 0.2) is 5.78 Å². The first-order valence-electron chi connectivity index (χ1n) is 7.07. The molecule has 1 N–H and O–H groups in total. The molecule has 120 valence electrons. The first-order valence-corrected chi connectivity index (χ1v) is 7.89. The summed E-state index contributed by atoms with van der Waals surface area (Å²) in [5, 5.41) is 2.82. The number of ether oxygens (including phenoxy) is 1. The number of nitrogens with one attached hydrogen (secondary N) is 1. The van der Waals surface area contributed by atoms with Gasteiger partial charge in [0.2, 0.25) is 0 Å². The van der Waals surface area contributed by atoms with Gasteiger partial charge in [-0.15, -0.1) is 11.3 Å². The van der Waals surface area contributed by atoms with Crippen LogP contribution in [-0.2, 0) is 11.2 Å². The van der Waals surface area contributed by atoms with Gasteiger partial charge in [0, 0.05) is 17.0 Å². The topological polar surface area (TPSA) is 72.5 Å². The first kappa shape index (κ1) is 16.9. The quantitative estimate of drug-likeness (QED) is 0.652. The number of carbonyl (C=O) groups is 3. The highest BCUT2D eigenvalue weighted by molar-refractivity contribution is 7.14. The van der Waals surface area contributed by atoms with Crippen molar-refractivity contribution < 1.29 is 19.1 Å². The van der Waals surface area contributed by atoms with E-state index in [-0.39, 0.29) is 11.7 Å². The van der Waals surface area contributed by atoms with Gasteiger partial charge in [0.25, 0.3) is 5.91 Å². The molecule has 1 heterocycles. The average Bonchev–Trinajstić information content (AvgIpc) is 3.03. The molecule has 0 radical (unpaired) electrons. The molecule has 0 unspecified atom stereocenters. The lowest BCUT2D eigenvalue weighted by Gasteiger charge is -2.05. The monoisotopic (exact) mass is 331 g/mol. The molecule has 0 bridgehead atoms. The standard InChI is InChI=1S/C17H17NO4S/c1-11(19)15-8-7-14(23-15)9-10-18-16(20)12-3-5-13(6-4-12)17(21)22-2/h3-8H,9-10H2,1-2H3,(H,18,20). The molecule has 0 atom stereocenters. The van der Waals surface area contributed by atoms with Crippen LogP contribution in [0.4, 0.5) is 0 Å². The van der Waals surface area contributed by atoms with E-state index in [1.165, 1.54) is 25.4 Å². The van der Waals surface area contributed by atoms with Crippen molar-refractivity contribution in [3.05, 3.63) is 57.3 Å². The second kappa shape index (κ2) is 7.69. The van der Waals surface area contributed by atoms with Crippen LogP contribution in [0.3, 0.4) is 0 Å². The van der Waals surface area contributed by atoms with Crippen LogP contribution in [0.15, 0.2) is 36.4 Å². The largest absolute Gasteiger partial charge is 0.465 e. The molecule has 0 saturated carbocycles. The van der Waals surface area contributed by atoms with E-state index >= 15 is 0 Å². The second-order valence-corrected chi connectivity index (χ2v) is 6.07. The van der Waals surface area contributed by atoms with Crippen LogP contribution in [0.25, 0.3) is 0 Å². The smallest absolute Gasteiger partial charge is 0.337 e. The van der Waals surface area contributed by atoms with Gasteiger partial charge >= 0.3 is 5.97 Å². The van der Waals surface area contributed by atoms with Gasteiger partial charge in [0.1, 0.15) is 0 Å². The highest BCUT2D eigenvalue weighted by Crippen LogP contribution is 2.17. The Kier molecular flexibility index (Phi) is 5.65. The summed E-state index contributed by atoms with van der Waals surface area (Å²) in [5.41, 5.74) is 0.882. The predicted molar refractivity (Wildman–Crippen MR) is 88.1 cm³/mol. The number of benzene rings is 1. The SMILES string of the molecule is COC(=O)c1ccc(C(=O)NCCc2ccc(C(C)=O)s2)cc1. The van der Waals surface area contributed by atoms with Crippen molar-refractivity contribution in [1.82, 2.24) is 5.32 Å². The Labute approximate surface area is 138 Å². The minimum Gasteiger partial charge on any atom is -0.465 e. The summed E-state index contributed by atoms with van der Waals surface area (Å²) in [6, 6.07) is 9.98. The van der Waals surface area contributed by atoms with E-state index in [9.17, 15) is 14.4 Å². The number of esters is 1. The Bertz CT molecular complexity index is 718. The molecule has 0 fully saturated rings. The zero-order valence-corrected chi connectivity index (χ0v) is 13.7. The van der Waals surface area contributed by atoms with E-state index in [2.05, 4.69) is 10.1 Å². The van der Waals surface area contributed by atoms with Crippen molar-refractivity contribution >= 4 is 29.0 Å². The number of Topliss-reactive ketones (excluding diaryl/α,β-unsaturated/α-hetero) is 1. The van der Waals surface area contributed by atoms with Gasteiger partial charge in [-0.05, 0) is 49.7 Å². The van der Waals surface area contributed by atoms with Crippen LogP contribution in [0.5, 0.6) is 0 Å². The number of thiophene rings is 1. The van der Waals surface area contributed by atoms with Gasteiger partial charge in [-0.25, -0.2) is 4.79 Å². The minimum absolute atomic E-state index is 0.0518. The zero-order valence-electron chi connectivity index (χ0n) is 12.9. The second-order valence-electron chi connectivity index (χ2n) is 4.90. The Morgan fingerprint density at radius 3 is 2.26 bits per heavy atom. The maximum absolute atomic E-state index is 12.0. The van der Waals surface area contributed by atoms with Gasteiger partial charge in [-0.3, -0.25) is 9.59 Å². The van der Waals surface area contributed by atoms with E-state index in [1.54, 1.807) is 30.3 Å². The highest BCUT2D eigenvalue weighted by Gasteiger charge is 2.09. The number of hydrogen-bond donors (Lipinski definition) is 1. The molecule has 23 heavy (non-hydrogen) atoms. The fourth-order valence-corrected chi connectivity index (χ4v) is 2.88. The van der Waals surface area contributed by atoms with Crippen molar-refractivity contribution in [2.45, 2.75) is 13.3 Å². The maximum Gasteiger partial charge on any atom is 0.337 e. The summed E-state index contributed by atoms with van der Waals surface area (Å²) in [6.07, 6.45) is 0.671. The van der Waals surface area contributed by atoms with Crippen LogP contribution >= 0.6 is 11.3 Å². The number of amides is 1. The van der Waals surface area contributed by atoms with Crippen molar-refractivity contribution in [2.24, 2.45) is 0 Å². The molecule has 0 aliphatic rings. The van der Waals surface area contributed by atoms with Crippen molar-refractivity contribution in [2.75, 3.05) is 13.7 Å². The zero-order chi connectivity index (χ0) is 16.8. The molecular weight excluding hydrogens is 314 g/mol. The van der Waals surface area contributed by atoms with Crippen LogP contribution < -0.4 is 5.32 Å². The summed E-state index contributed by atoms with van der Waals surface area (Å²) in [7, 11) is 1.31.